The Kier molecular flexibility index (Phi) is 5.53. The highest BCUT2D eigenvalue weighted by atomic mass is 32.2. The van der Waals surface area contributed by atoms with E-state index in [-0.39, 0.29) is 23.6 Å². The van der Waals surface area contributed by atoms with Crippen LogP contribution < -0.4 is 0 Å². The monoisotopic (exact) mass is 439 g/mol. The zero-order valence-corrected chi connectivity index (χ0v) is 17.8. The average Bonchev–Trinajstić information content (AvgIpc) is 3.01. The van der Waals surface area contributed by atoms with Crippen molar-refractivity contribution in [2.24, 2.45) is 4.99 Å². The van der Waals surface area contributed by atoms with E-state index in [2.05, 4.69) is 4.99 Å². The lowest BCUT2D eigenvalue weighted by molar-refractivity contribution is -0.384. The number of benzene rings is 2. The van der Waals surface area contributed by atoms with E-state index >= 15 is 0 Å². The highest BCUT2D eigenvalue weighted by molar-refractivity contribution is 8.01. The summed E-state index contributed by atoms with van der Waals surface area (Å²) in [5, 5.41) is 10.5. The van der Waals surface area contributed by atoms with Gasteiger partial charge in [0.05, 0.1) is 4.92 Å². The fourth-order valence-electron chi connectivity index (χ4n) is 3.77. The number of carbonyl (C=O) groups is 2. The lowest BCUT2D eigenvalue weighted by Crippen LogP contribution is -2.65. The molecule has 9 heteroatoms. The van der Waals surface area contributed by atoms with Crippen molar-refractivity contribution in [3.63, 3.8) is 0 Å². The number of hydrogen-bond acceptors (Lipinski definition) is 7. The fraction of sp³-hybridized carbons (Fsp3) is 0.318. The quantitative estimate of drug-likeness (QED) is 0.225. The van der Waals surface area contributed by atoms with Crippen LogP contribution in [-0.2, 0) is 20.9 Å². The minimum absolute atomic E-state index is 0.00648. The van der Waals surface area contributed by atoms with Gasteiger partial charge in [-0.1, -0.05) is 30.3 Å². The third kappa shape index (κ3) is 4.05. The third-order valence-electron chi connectivity index (χ3n) is 5.35. The number of rotatable bonds is 6. The molecular formula is C22H21N3O5S. The van der Waals surface area contributed by atoms with Crippen molar-refractivity contribution in [1.82, 2.24) is 4.90 Å². The van der Waals surface area contributed by atoms with E-state index in [0.717, 1.165) is 5.56 Å². The van der Waals surface area contributed by atoms with E-state index in [0.29, 0.717) is 5.56 Å². The zero-order valence-electron chi connectivity index (χ0n) is 17.0. The van der Waals surface area contributed by atoms with Gasteiger partial charge in [-0.15, -0.1) is 11.8 Å². The number of β-lactam (4-membered cyclic amide) rings is 1. The Bertz CT molecular complexity index is 1040. The zero-order chi connectivity index (χ0) is 22.2. The van der Waals surface area contributed by atoms with Gasteiger partial charge in [0, 0.05) is 23.1 Å². The Labute approximate surface area is 183 Å². The van der Waals surface area contributed by atoms with E-state index in [1.165, 1.54) is 30.1 Å². The number of nitro benzene ring substituents is 1. The maximum absolute atomic E-state index is 12.8. The van der Waals surface area contributed by atoms with E-state index in [4.69, 9.17) is 4.74 Å². The van der Waals surface area contributed by atoms with Gasteiger partial charge in [0.25, 0.3) is 11.6 Å². The summed E-state index contributed by atoms with van der Waals surface area (Å²) >= 11 is 1.53. The number of hydrogen-bond donors (Lipinski definition) is 0. The molecule has 1 unspecified atom stereocenters. The molecule has 0 bridgehead atoms. The Morgan fingerprint density at radius 2 is 1.90 bits per heavy atom. The van der Waals surface area contributed by atoms with E-state index < -0.39 is 27.7 Å². The van der Waals surface area contributed by atoms with Gasteiger partial charge >= 0.3 is 5.97 Å². The second-order valence-corrected chi connectivity index (χ2v) is 9.70. The number of thioether (sulfide) groups is 1. The molecule has 160 valence electrons. The highest BCUT2D eigenvalue weighted by Gasteiger charge is 2.64. The highest BCUT2D eigenvalue weighted by Crippen LogP contribution is 2.52. The first-order chi connectivity index (χ1) is 14.8. The van der Waals surface area contributed by atoms with Gasteiger partial charge in [0.15, 0.2) is 6.04 Å². The molecule has 0 radical (unpaired) electrons. The van der Waals surface area contributed by atoms with Crippen molar-refractivity contribution in [3.8, 4) is 0 Å². The number of amides is 1. The second-order valence-electron chi connectivity index (χ2n) is 7.92. The van der Waals surface area contributed by atoms with Gasteiger partial charge in [0.1, 0.15) is 18.0 Å². The van der Waals surface area contributed by atoms with Gasteiger partial charge in [-0.25, -0.2) is 4.79 Å². The van der Waals surface area contributed by atoms with Crippen LogP contribution in [0.1, 0.15) is 25.0 Å². The van der Waals surface area contributed by atoms with Gasteiger partial charge < -0.3 is 9.64 Å². The Hall–Kier alpha value is -3.20. The van der Waals surface area contributed by atoms with Gasteiger partial charge in [-0.05, 0) is 37.1 Å². The summed E-state index contributed by atoms with van der Waals surface area (Å²) in [6.45, 7) is 4.01. The number of ether oxygens (including phenoxy) is 1. The van der Waals surface area contributed by atoms with Crippen LogP contribution in [0.25, 0.3) is 0 Å². The smallest absolute Gasteiger partial charge is 0.330 e. The van der Waals surface area contributed by atoms with Crippen LogP contribution in [0.4, 0.5) is 5.69 Å². The predicted molar refractivity (Wildman–Crippen MR) is 117 cm³/mol. The molecule has 4 rings (SSSR count). The first kappa shape index (κ1) is 21.0. The number of non-ortho nitro benzene ring substituents is 1. The van der Waals surface area contributed by atoms with Crippen molar-refractivity contribution < 1.29 is 19.2 Å². The largest absolute Gasteiger partial charge is 0.459 e. The van der Waals surface area contributed by atoms with Crippen LogP contribution in [0.15, 0.2) is 59.6 Å². The molecule has 0 saturated carbocycles. The summed E-state index contributed by atoms with van der Waals surface area (Å²) in [4.78, 5) is 41.9. The molecule has 2 aliphatic heterocycles. The molecular weight excluding hydrogens is 418 g/mol. The summed E-state index contributed by atoms with van der Waals surface area (Å²) in [6.07, 6.45) is 1.54. The van der Waals surface area contributed by atoms with Crippen LogP contribution in [0, 0.1) is 10.1 Å². The predicted octanol–water partition coefficient (Wildman–Crippen LogP) is 3.19. The van der Waals surface area contributed by atoms with Crippen molar-refractivity contribution in [2.45, 2.75) is 42.7 Å². The molecule has 8 nitrogen and oxygen atoms in total. The van der Waals surface area contributed by atoms with Crippen molar-refractivity contribution in [2.75, 3.05) is 0 Å². The van der Waals surface area contributed by atoms with Crippen molar-refractivity contribution in [3.05, 3.63) is 75.8 Å². The van der Waals surface area contributed by atoms with E-state index in [1.807, 2.05) is 44.2 Å². The SMILES string of the molecule is CC1(C)S[C@@H]2C(/N=C/c3ccc([N+](=O)[O-])cc3)C(=O)N2[C@H]1C(=O)OCc1ccccc1. The molecule has 1 amide bonds. The van der Waals surface area contributed by atoms with Gasteiger partial charge in [-0.2, -0.15) is 0 Å². The number of aliphatic imine (C=N–C) groups is 1. The molecule has 0 aliphatic carbocycles. The normalized spacial score (nSPS) is 24.0. The number of nitrogens with zero attached hydrogens (tertiary/aromatic N) is 3. The molecule has 2 aromatic rings. The number of carbonyl (C=O) groups excluding carboxylic acids is 2. The Balaban J connectivity index is 1.43. The van der Waals surface area contributed by atoms with E-state index in [1.54, 1.807) is 17.0 Å². The molecule has 31 heavy (non-hydrogen) atoms. The minimum Gasteiger partial charge on any atom is -0.459 e. The third-order valence-corrected chi connectivity index (χ3v) is 6.91. The number of fused-ring (bicyclic) bond motifs is 1. The number of nitro groups is 1. The van der Waals surface area contributed by atoms with Gasteiger partial charge in [0.2, 0.25) is 0 Å². The lowest BCUT2D eigenvalue weighted by atomic mass is 9.96. The maximum atomic E-state index is 12.8. The minimum atomic E-state index is -0.676. The van der Waals surface area contributed by atoms with Gasteiger partial charge in [-0.3, -0.25) is 19.9 Å². The average molecular weight is 439 g/mol. The van der Waals surface area contributed by atoms with E-state index in [9.17, 15) is 19.7 Å². The second kappa shape index (κ2) is 8.14. The first-order valence-electron chi connectivity index (χ1n) is 9.76. The molecule has 2 fully saturated rings. The molecule has 3 atom stereocenters. The summed E-state index contributed by atoms with van der Waals surface area (Å²) in [5.74, 6) is -0.641. The van der Waals surface area contributed by atoms with Crippen LogP contribution in [-0.4, -0.2) is 50.1 Å². The summed E-state index contributed by atoms with van der Waals surface area (Å²) < 4.78 is 5.00. The van der Waals surface area contributed by atoms with Crippen molar-refractivity contribution in [1.29, 1.82) is 0 Å². The van der Waals surface area contributed by atoms with Crippen LogP contribution in [0.2, 0.25) is 0 Å². The fourth-order valence-corrected chi connectivity index (χ4v) is 5.38. The van der Waals surface area contributed by atoms with Crippen LogP contribution in [0.3, 0.4) is 0 Å². The molecule has 0 aromatic heterocycles. The topological polar surface area (TPSA) is 102 Å². The Morgan fingerprint density at radius 3 is 2.55 bits per heavy atom. The van der Waals surface area contributed by atoms with Crippen LogP contribution >= 0.6 is 11.8 Å². The molecule has 0 N–H and O–H groups in total. The lowest BCUT2D eigenvalue weighted by Gasteiger charge is -2.41. The standard InChI is InChI=1S/C22H21N3O5S/c1-22(2)18(21(27)30-13-15-6-4-3-5-7-15)24-19(26)17(20(24)31-22)23-12-14-8-10-16(11-9-14)25(28)29/h3-12,17-18,20H,13H2,1-2H3/b23-12+/t17?,18-,20+/m0/s1. The first-order valence-corrected chi connectivity index (χ1v) is 10.6. The molecule has 0 spiro atoms. The molecule has 2 aromatic carbocycles. The molecule has 2 aliphatic rings. The molecule has 2 heterocycles. The molecule has 2 saturated heterocycles. The summed E-state index contributed by atoms with van der Waals surface area (Å²) in [6, 6.07) is 14.1. The summed E-state index contributed by atoms with van der Waals surface area (Å²) in [7, 11) is 0. The Morgan fingerprint density at radius 1 is 1.23 bits per heavy atom. The summed E-state index contributed by atoms with van der Waals surface area (Å²) in [5.41, 5.74) is 1.54. The number of esters is 1. The maximum Gasteiger partial charge on any atom is 0.330 e. The van der Waals surface area contributed by atoms with Crippen LogP contribution in [0.5, 0.6) is 0 Å². The van der Waals surface area contributed by atoms with Crippen molar-refractivity contribution >= 4 is 35.5 Å².